The molecule has 1 aliphatic heterocycles. The molecule has 0 radical (unpaired) electrons. The highest BCUT2D eigenvalue weighted by Gasteiger charge is 2.12. The molecule has 1 aliphatic rings. The zero-order valence-corrected chi connectivity index (χ0v) is 17.4. The van der Waals surface area contributed by atoms with Gasteiger partial charge in [0.05, 0.1) is 18.7 Å². The van der Waals surface area contributed by atoms with E-state index >= 15 is 0 Å². The fourth-order valence-corrected chi connectivity index (χ4v) is 3.58. The van der Waals surface area contributed by atoms with Crippen molar-refractivity contribution in [1.82, 2.24) is 19.7 Å². The lowest BCUT2D eigenvalue weighted by Gasteiger charge is -2.26. The van der Waals surface area contributed by atoms with Gasteiger partial charge in [0.15, 0.2) is 0 Å². The maximum absolute atomic E-state index is 8.97. The number of hydrogen-bond acceptors (Lipinski definition) is 8. The second-order valence-electron chi connectivity index (χ2n) is 7.58. The third-order valence-electron chi connectivity index (χ3n) is 5.30. The summed E-state index contributed by atoms with van der Waals surface area (Å²) < 4.78 is 6.67. The minimum absolute atomic E-state index is 0.0924. The lowest BCUT2D eigenvalue weighted by molar-refractivity contribution is 0.0341. The van der Waals surface area contributed by atoms with Crippen LogP contribution in [0.4, 0.5) is 0 Å². The third kappa shape index (κ3) is 4.84. The van der Waals surface area contributed by atoms with Gasteiger partial charge in [-0.3, -0.25) is 20.7 Å². The molecule has 31 heavy (non-hydrogen) atoms. The molecule has 3 aromatic rings. The minimum atomic E-state index is 0.0924. The van der Waals surface area contributed by atoms with Gasteiger partial charge in [0.1, 0.15) is 22.7 Å². The molecule has 0 amide bonds. The van der Waals surface area contributed by atoms with Crippen molar-refractivity contribution in [3.05, 3.63) is 64.9 Å². The van der Waals surface area contributed by atoms with E-state index in [4.69, 9.17) is 20.8 Å². The first-order valence-corrected chi connectivity index (χ1v) is 10.1. The predicted molar refractivity (Wildman–Crippen MR) is 117 cm³/mol. The molecule has 1 fully saturated rings. The zero-order valence-electron chi connectivity index (χ0n) is 17.4. The number of aromatic nitrogens is 3. The Hall–Kier alpha value is -3.43. The number of pyridine rings is 1. The topological polar surface area (TPSA) is 123 Å². The number of morpholine rings is 1. The van der Waals surface area contributed by atoms with Gasteiger partial charge in [-0.1, -0.05) is 11.2 Å². The number of hydrogen-bond donors (Lipinski definition) is 3. The molecule has 3 N–H and O–H groups in total. The van der Waals surface area contributed by atoms with Crippen LogP contribution >= 0.6 is 0 Å². The van der Waals surface area contributed by atoms with Gasteiger partial charge < -0.3 is 9.94 Å². The molecule has 3 heterocycles. The molecule has 9 heteroatoms. The predicted octanol–water partition coefficient (Wildman–Crippen LogP) is 2.01. The molecule has 1 saturated heterocycles. The van der Waals surface area contributed by atoms with Crippen molar-refractivity contribution in [3.8, 4) is 0 Å². The Labute approximate surface area is 179 Å². The quantitative estimate of drug-likeness (QED) is 0.253. The average Bonchev–Trinajstić information content (AvgIpc) is 2.79. The molecule has 0 saturated carbocycles. The molecule has 0 bridgehead atoms. The average molecular weight is 419 g/mol. The van der Waals surface area contributed by atoms with Crippen molar-refractivity contribution in [2.24, 2.45) is 5.16 Å². The summed E-state index contributed by atoms with van der Waals surface area (Å²) in [4.78, 5) is 6.94. The van der Waals surface area contributed by atoms with E-state index < -0.39 is 0 Å². The number of benzene rings is 1. The highest BCUT2D eigenvalue weighted by Crippen LogP contribution is 2.18. The van der Waals surface area contributed by atoms with Gasteiger partial charge in [-0.05, 0) is 48.4 Å². The van der Waals surface area contributed by atoms with Crippen molar-refractivity contribution < 1.29 is 9.94 Å². The molecule has 0 atom stereocenters. The Morgan fingerprint density at radius 3 is 2.71 bits per heavy atom. The van der Waals surface area contributed by atoms with E-state index in [2.05, 4.69) is 26.2 Å². The molecule has 0 spiro atoms. The molecule has 2 aromatic heterocycles. The van der Waals surface area contributed by atoms with Crippen LogP contribution in [0.3, 0.4) is 0 Å². The highest BCUT2D eigenvalue weighted by molar-refractivity contribution is 5.96. The molecule has 160 valence electrons. The van der Waals surface area contributed by atoms with E-state index in [1.54, 1.807) is 13.0 Å². The Morgan fingerprint density at radius 1 is 1.16 bits per heavy atom. The van der Waals surface area contributed by atoms with Gasteiger partial charge in [-0.2, -0.15) is 5.10 Å². The SMILES string of the molecule is C/C(=N\O)c1ccc(=N)n(C(=N)Cc2ccc3ncc(CN4CCOCC4)cc3c2)n1. The van der Waals surface area contributed by atoms with Crippen molar-refractivity contribution in [2.45, 2.75) is 19.9 Å². The molecule has 0 unspecified atom stereocenters. The van der Waals surface area contributed by atoms with Gasteiger partial charge in [-0.15, -0.1) is 0 Å². The van der Waals surface area contributed by atoms with Crippen LogP contribution in [-0.2, 0) is 17.7 Å². The second kappa shape index (κ2) is 9.15. The molecule has 1 aromatic carbocycles. The summed E-state index contributed by atoms with van der Waals surface area (Å²) in [5, 5.41) is 34.0. The summed E-state index contributed by atoms with van der Waals surface area (Å²) in [5.74, 6) is 0.161. The van der Waals surface area contributed by atoms with Crippen LogP contribution in [-0.4, -0.2) is 62.7 Å². The van der Waals surface area contributed by atoms with E-state index in [1.165, 1.54) is 10.7 Å². The first-order chi connectivity index (χ1) is 15.0. The summed E-state index contributed by atoms with van der Waals surface area (Å²) >= 11 is 0. The maximum atomic E-state index is 8.97. The van der Waals surface area contributed by atoms with Crippen LogP contribution in [0, 0.1) is 10.8 Å². The Morgan fingerprint density at radius 2 is 1.94 bits per heavy atom. The fraction of sp³-hybridized carbons (Fsp3) is 0.318. The molecule has 4 rings (SSSR count). The third-order valence-corrected chi connectivity index (χ3v) is 5.30. The van der Waals surface area contributed by atoms with Crippen molar-refractivity contribution in [3.63, 3.8) is 0 Å². The first kappa shape index (κ1) is 20.8. The van der Waals surface area contributed by atoms with Gasteiger partial charge in [0.25, 0.3) is 0 Å². The normalized spacial score (nSPS) is 15.3. The highest BCUT2D eigenvalue weighted by atomic mass is 16.5. The van der Waals surface area contributed by atoms with E-state index in [0.29, 0.717) is 17.8 Å². The van der Waals surface area contributed by atoms with Gasteiger partial charge >= 0.3 is 0 Å². The maximum Gasteiger partial charge on any atom is 0.148 e. The standard InChI is InChI=1S/C22H25N7O2/c1-15(27-30)19-4-5-21(23)29(26-19)22(24)12-16-2-3-20-18(10-16)11-17(13-25-20)14-28-6-8-31-9-7-28/h2-5,10-11,13,23-24,30H,6-9,12,14H2,1H3/b23-21?,24-22?,27-15+. The molecular formula is C22H25N7O2. The zero-order chi connectivity index (χ0) is 21.8. The van der Waals surface area contributed by atoms with Gasteiger partial charge in [-0.25, -0.2) is 4.68 Å². The smallest absolute Gasteiger partial charge is 0.148 e. The lowest BCUT2D eigenvalue weighted by Crippen LogP contribution is -2.35. The van der Waals surface area contributed by atoms with Crippen LogP contribution in [0.15, 0.2) is 47.8 Å². The monoisotopic (exact) mass is 419 g/mol. The van der Waals surface area contributed by atoms with E-state index in [-0.39, 0.29) is 11.3 Å². The molecule has 0 aliphatic carbocycles. The number of oxime groups is 1. The lowest BCUT2D eigenvalue weighted by atomic mass is 10.1. The van der Waals surface area contributed by atoms with Crippen LogP contribution in [0.1, 0.15) is 23.7 Å². The summed E-state index contributed by atoms with van der Waals surface area (Å²) in [7, 11) is 0. The number of nitrogens with zero attached hydrogens (tertiary/aromatic N) is 5. The Bertz CT molecular complexity index is 1200. The molecule has 9 nitrogen and oxygen atoms in total. The number of nitrogens with one attached hydrogen (secondary N) is 2. The minimum Gasteiger partial charge on any atom is -0.411 e. The van der Waals surface area contributed by atoms with Gasteiger partial charge in [0, 0.05) is 37.6 Å². The van der Waals surface area contributed by atoms with E-state index in [1.807, 2.05) is 24.4 Å². The summed E-state index contributed by atoms with van der Waals surface area (Å²) in [6.07, 6.45) is 2.23. The van der Waals surface area contributed by atoms with Crippen molar-refractivity contribution >= 4 is 22.5 Å². The van der Waals surface area contributed by atoms with Crippen LogP contribution < -0.4 is 5.49 Å². The van der Waals surface area contributed by atoms with Crippen LogP contribution in [0.25, 0.3) is 10.9 Å². The summed E-state index contributed by atoms with van der Waals surface area (Å²) in [5.41, 5.74) is 3.83. The summed E-state index contributed by atoms with van der Waals surface area (Å²) in [6.45, 7) is 5.84. The summed E-state index contributed by atoms with van der Waals surface area (Å²) in [6, 6.07) is 11.2. The van der Waals surface area contributed by atoms with Gasteiger partial charge in [0.2, 0.25) is 0 Å². The first-order valence-electron chi connectivity index (χ1n) is 10.1. The van der Waals surface area contributed by atoms with Crippen LogP contribution in [0.2, 0.25) is 0 Å². The van der Waals surface area contributed by atoms with E-state index in [0.717, 1.165) is 54.9 Å². The van der Waals surface area contributed by atoms with E-state index in [9.17, 15) is 0 Å². The second-order valence-corrected chi connectivity index (χ2v) is 7.58. The number of ether oxygens (including phenoxy) is 1. The molecular weight excluding hydrogens is 394 g/mol. The van der Waals surface area contributed by atoms with Crippen LogP contribution in [0.5, 0.6) is 0 Å². The van der Waals surface area contributed by atoms with Crippen molar-refractivity contribution in [1.29, 1.82) is 10.8 Å². The number of fused-ring (bicyclic) bond motifs is 1. The van der Waals surface area contributed by atoms with Crippen molar-refractivity contribution in [2.75, 3.05) is 26.3 Å². The number of rotatable bonds is 5. The Kier molecular flexibility index (Phi) is 6.15. The fourth-order valence-electron chi connectivity index (χ4n) is 3.58. The Balaban J connectivity index is 1.55. The largest absolute Gasteiger partial charge is 0.411 e.